The second-order valence-electron chi connectivity index (χ2n) is 6.60. The van der Waals surface area contributed by atoms with Crippen LogP contribution in [0.15, 0.2) is 24.3 Å². The molecule has 1 aromatic rings. The molecule has 2 amide bonds. The van der Waals surface area contributed by atoms with Gasteiger partial charge in [-0.2, -0.15) is 0 Å². The average Bonchev–Trinajstić information content (AvgIpc) is 2.70. The van der Waals surface area contributed by atoms with Crippen LogP contribution in [-0.4, -0.2) is 85.5 Å². The van der Waals surface area contributed by atoms with Crippen molar-refractivity contribution in [1.29, 1.82) is 0 Å². The minimum Gasteiger partial charge on any atom is -0.378 e. The van der Waals surface area contributed by atoms with Gasteiger partial charge in [0.15, 0.2) is 0 Å². The molecule has 0 saturated carbocycles. The lowest BCUT2D eigenvalue weighted by Crippen LogP contribution is -2.52. The normalized spacial score (nSPS) is 18.9. The number of rotatable bonds is 4. The number of nitrogens with zero attached hydrogens (tertiary/aromatic N) is 3. The number of hydrogen-bond donors (Lipinski definition) is 0. The maximum absolute atomic E-state index is 13.2. The molecule has 0 radical (unpaired) electrons. The molecule has 0 spiro atoms. The van der Waals surface area contributed by atoms with Crippen LogP contribution < -0.4 is 0 Å². The van der Waals surface area contributed by atoms with Crippen molar-refractivity contribution in [2.24, 2.45) is 0 Å². The van der Waals surface area contributed by atoms with E-state index in [0.717, 1.165) is 0 Å². The van der Waals surface area contributed by atoms with Crippen molar-refractivity contribution in [2.75, 3.05) is 59.0 Å². The smallest absolute Gasteiger partial charge is 0.246 e. The predicted octanol–water partition coefficient (Wildman–Crippen LogP) is 1.50. The molecular formula is C19H23ClFN3O3. The third-order valence-corrected chi connectivity index (χ3v) is 5.06. The van der Waals surface area contributed by atoms with E-state index in [-0.39, 0.29) is 16.8 Å². The molecule has 2 aliphatic rings. The van der Waals surface area contributed by atoms with Crippen molar-refractivity contribution in [3.63, 3.8) is 0 Å². The third kappa shape index (κ3) is 5.51. The summed E-state index contributed by atoms with van der Waals surface area (Å²) in [6.07, 6.45) is 3.10. The number of amides is 2. The lowest BCUT2D eigenvalue weighted by molar-refractivity contribution is -0.137. The van der Waals surface area contributed by atoms with Gasteiger partial charge in [-0.1, -0.05) is 17.7 Å². The van der Waals surface area contributed by atoms with Crippen LogP contribution in [0.5, 0.6) is 0 Å². The van der Waals surface area contributed by atoms with E-state index in [2.05, 4.69) is 4.90 Å². The number of halogens is 2. The third-order valence-electron chi connectivity index (χ3n) is 4.77. The van der Waals surface area contributed by atoms with Crippen molar-refractivity contribution >= 4 is 29.5 Å². The van der Waals surface area contributed by atoms with E-state index in [1.807, 2.05) is 4.90 Å². The van der Waals surface area contributed by atoms with Gasteiger partial charge in [-0.25, -0.2) is 4.39 Å². The minimum atomic E-state index is -0.483. The van der Waals surface area contributed by atoms with Gasteiger partial charge in [0.05, 0.1) is 24.8 Å². The van der Waals surface area contributed by atoms with E-state index in [4.69, 9.17) is 16.3 Å². The van der Waals surface area contributed by atoms with Crippen molar-refractivity contribution < 1.29 is 18.7 Å². The first-order chi connectivity index (χ1) is 13.0. The molecule has 2 fully saturated rings. The van der Waals surface area contributed by atoms with Gasteiger partial charge in [-0.05, 0) is 23.8 Å². The van der Waals surface area contributed by atoms with Crippen LogP contribution in [0.1, 0.15) is 5.56 Å². The maximum atomic E-state index is 13.2. The summed E-state index contributed by atoms with van der Waals surface area (Å²) in [6, 6.07) is 4.33. The van der Waals surface area contributed by atoms with E-state index in [9.17, 15) is 14.0 Å². The van der Waals surface area contributed by atoms with Gasteiger partial charge < -0.3 is 14.5 Å². The fourth-order valence-electron chi connectivity index (χ4n) is 3.12. The van der Waals surface area contributed by atoms with E-state index < -0.39 is 5.82 Å². The van der Waals surface area contributed by atoms with Gasteiger partial charge in [0.25, 0.3) is 0 Å². The number of piperazine rings is 1. The lowest BCUT2D eigenvalue weighted by atomic mass is 10.2. The molecule has 3 rings (SSSR count). The second-order valence-corrected chi connectivity index (χ2v) is 7.01. The SMILES string of the molecule is O=C(/C=C/c1ccc(F)c(Cl)c1)N1CCN(CC(=O)N2CCOCC2)CC1. The van der Waals surface area contributed by atoms with Crippen LogP contribution in [0.4, 0.5) is 4.39 Å². The first kappa shape index (κ1) is 19.8. The summed E-state index contributed by atoms with van der Waals surface area (Å²) in [5.74, 6) is -0.469. The van der Waals surface area contributed by atoms with Gasteiger partial charge in [0.1, 0.15) is 5.82 Å². The summed E-state index contributed by atoms with van der Waals surface area (Å²) >= 11 is 5.74. The first-order valence-corrected chi connectivity index (χ1v) is 9.40. The molecule has 1 aromatic carbocycles. The zero-order valence-electron chi connectivity index (χ0n) is 15.1. The molecule has 2 heterocycles. The monoisotopic (exact) mass is 395 g/mol. The van der Waals surface area contributed by atoms with Gasteiger partial charge in [0, 0.05) is 45.3 Å². The Labute approximate surface area is 163 Å². The highest BCUT2D eigenvalue weighted by Gasteiger charge is 2.24. The molecule has 6 nitrogen and oxygen atoms in total. The molecule has 0 unspecified atom stereocenters. The molecule has 0 atom stereocenters. The van der Waals surface area contributed by atoms with Crippen LogP contribution in [0.2, 0.25) is 5.02 Å². The van der Waals surface area contributed by atoms with E-state index in [0.29, 0.717) is 64.6 Å². The zero-order valence-corrected chi connectivity index (χ0v) is 15.8. The Morgan fingerprint density at radius 3 is 2.44 bits per heavy atom. The Morgan fingerprint density at radius 2 is 1.78 bits per heavy atom. The second kappa shape index (κ2) is 9.30. The first-order valence-electron chi connectivity index (χ1n) is 9.03. The predicted molar refractivity (Wildman–Crippen MR) is 101 cm³/mol. The molecule has 8 heteroatoms. The Kier molecular flexibility index (Phi) is 6.82. The van der Waals surface area contributed by atoms with Gasteiger partial charge >= 0.3 is 0 Å². The summed E-state index contributed by atoms with van der Waals surface area (Å²) in [6.45, 7) is 5.35. The van der Waals surface area contributed by atoms with Crippen LogP contribution in [0.3, 0.4) is 0 Å². The Bertz CT molecular complexity index is 714. The summed E-state index contributed by atoms with van der Waals surface area (Å²) in [5.41, 5.74) is 0.671. The molecular weight excluding hydrogens is 373 g/mol. The molecule has 0 bridgehead atoms. The van der Waals surface area contributed by atoms with Crippen molar-refractivity contribution in [3.8, 4) is 0 Å². The Hall–Kier alpha value is -1.96. The fourth-order valence-corrected chi connectivity index (χ4v) is 3.31. The summed E-state index contributed by atoms with van der Waals surface area (Å²) < 4.78 is 18.4. The van der Waals surface area contributed by atoms with Gasteiger partial charge in [0.2, 0.25) is 11.8 Å². The highest BCUT2D eigenvalue weighted by atomic mass is 35.5. The van der Waals surface area contributed by atoms with Crippen LogP contribution in [0, 0.1) is 5.82 Å². The minimum absolute atomic E-state index is 0.0307. The molecule has 0 aromatic heterocycles. The van der Waals surface area contributed by atoms with Crippen LogP contribution in [-0.2, 0) is 14.3 Å². The highest BCUT2D eigenvalue weighted by molar-refractivity contribution is 6.30. The standard InChI is InChI=1S/C19H23ClFN3O3/c20-16-13-15(1-3-17(16)21)2-4-18(25)23-7-5-22(6-8-23)14-19(26)24-9-11-27-12-10-24/h1-4,13H,5-12,14H2/b4-2+. The Morgan fingerprint density at radius 1 is 1.07 bits per heavy atom. The van der Waals surface area contributed by atoms with Gasteiger partial charge in [-0.15, -0.1) is 0 Å². The highest BCUT2D eigenvalue weighted by Crippen LogP contribution is 2.17. The van der Waals surface area contributed by atoms with Crippen molar-refractivity contribution in [2.45, 2.75) is 0 Å². The number of benzene rings is 1. The number of carbonyl (C=O) groups excluding carboxylic acids is 2. The summed E-state index contributed by atoms with van der Waals surface area (Å²) in [7, 11) is 0. The van der Waals surface area contributed by atoms with Crippen molar-refractivity contribution in [1.82, 2.24) is 14.7 Å². The van der Waals surface area contributed by atoms with E-state index >= 15 is 0 Å². The number of carbonyl (C=O) groups is 2. The largest absolute Gasteiger partial charge is 0.378 e. The number of morpholine rings is 1. The lowest BCUT2D eigenvalue weighted by Gasteiger charge is -2.35. The molecule has 0 aliphatic carbocycles. The topological polar surface area (TPSA) is 53.1 Å². The molecule has 2 aliphatic heterocycles. The fraction of sp³-hybridized carbons (Fsp3) is 0.474. The zero-order chi connectivity index (χ0) is 19.2. The molecule has 27 heavy (non-hydrogen) atoms. The van der Waals surface area contributed by atoms with Gasteiger partial charge in [-0.3, -0.25) is 14.5 Å². The summed E-state index contributed by atoms with van der Waals surface area (Å²) in [4.78, 5) is 30.3. The number of ether oxygens (including phenoxy) is 1. The summed E-state index contributed by atoms with van der Waals surface area (Å²) in [5, 5.41) is 0.0307. The molecule has 0 N–H and O–H groups in total. The number of hydrogen-bond acceptors (Lipinski definition) is 4. The van der Waals surface area contributed by atoms with E-state index in [1.165, 1.54) is 18.2 Å². The van der Waals surface area contributed by atoms with Crippen LogP contribution in [0.25, 0.3) is 6.08 Å². The maximum Gasteiger partial charge on any atom is 0.246 e. The van der Waals surface area contributed by atoms with Crippen LogP contribution >= 0.6 is 11.6 Å². The average molecular weight is 396 g/mol. The van der Waals surface area contributed by atoms with Crippen molar-refractivity contribution in [3.05, 3.63) is 40.7 Å². The molecule has 2 saturated heterocycles. The van der Waals surface area contributed by atoms with E-state index in [1.54, 1.807) is 17.0 Å². The quantitative estimate of drug-likeness (QED) is 0.725. The Balaban J connectivity index is 1.45. The molecule has 146 valence electrons.